The predicted molar refractivity (Wildman–Crippen MR) is 113 cm³/mol. The number of benzene rings is 1. The molecule has 0 amide bonds. The lowest BCUT2D eigenvalue weighted by molar-refractivity contribution is -0.149. The van der Waals surface area contributed by atoms with E-state index in [0.29, 0.717) is 23.5 Å². The summed E-state index contributed by atoms with van der Waals surface area (Å²) in [7, 11) is 0. The van der Waals surface area contributed by atoms with E-state index in [1.807, 2.05) is 31.2 Å². The van der Waals surface area contributed by atoms with Gasteiger partial charge in [-0.2, -0.15) is 0 Å². The molecule has 1 saturated heterocycles. The first-order valence-electron chi connectivity index (χ1n) is 10.4. The molecule has 5 rings (SSSR count). The van der Waals surface area contributed by atoms with Gasteiger partial charge in [-0.3, -0.25) is 4.79 Å². The number of carbonyl (C=O) groups excluding carboxylic acids is 1. The van der Waals surface area contributed by atoms with Crippen LogP contribution in [0.1, 0.15) is 55.1 Å². The van der Waals surface area contributed by atoms with Gasteiger partial charge < -0.3 is 9.47 Å². The standard InChI is InChI=1S/C23H26ClNO3S/c1-12-16-7-8-23(3)10-17-20(13(2)19(23)21(16)28-22(12)26)25-18(29-17)11-27-15-6-4-5-14(24)9-15/h4-6,9,12-13,16,19,21H,7-8,10-11H2,1-3H3. The van der Waals surface area contributed by atoms with E-state index in [1.54, 1.807) is 11.3 Å². The summed E-state index contributed by atoms with van der Waals surface area (Å²) >= 11 is 7.82. The minimum Gasteiger partial charge on any atom is -0.486 e. The molecule has 6 unspecified atom stereocenters. The molecule has 154 valence electrons. The molecule has 1 aliphatic heterocycles. The smallest absolute Gasteiger partial charge is 0.309 e. The van der Waals surface area contributed by atoms with Crippen LogP contribution in [-0.2, 0) is 22.6 Å². The van der Waals surface area contributed by atoms with Gasteiger partial charge in [-0.25, -0.2) is 4.98 Å². The number of hydrogen-bond donors (Lipinski definition) is 0. The maximum absolute atomic E-state index is 12.3. The van der Waals surface area contributed by atoms with Gasteiger partial charge in [-0.1, -0.05) is 38.4 Å². The Bertz CT molecular complexity index is 959. The maximum Gasteiger partial charge on any atom is 0.309 e. The van der Waals surface area contributed by atoms with Gasteiger partial charge in [0.05, 0.1) is 11.6 Å². The molecule has 1 aromatic carbocycles. The van der Waals surface area contributed by atoms with Gasteiger partial charge in [0.25, 0.3) is 0 Å². The van der Waals surface area contributed by atoms with E-state index in [2.05, 4.69) is 13.8 Å². The number of ether oxygens (including phenoxy) is 2. The Morgan fingerprint density at radius 2 is 2.17 bits per heavy atom. The van der Waals surface area contributed by atoms with Gasteiger partial charge in [-0.15, -0.1) is 11.3 Å². The fraction of sp³-hybridized carbons (Fsp3) is 0.565. The molecular weight excluding hydrogens is 406 g/mol. The number of thiazole rings is 1. The van der Waals surface area contributed by atoms with Crippen LogP contribution in [0.3, 0.4) is 0 Å². The van der Waals surface area contributed by atoms with Crippen LogP contribution in [0.2, 0.25) is 5.02 Å². The fourth-order valence-electron chi connectivity index (χ4n) is 5.89. The third-order valence-electron chi connectivity index (χ3n) is 7.36. The molecule has 0 N–H and O–H groups in total. The van der Waals surface area contributed by atoms with Crippen molar-refractivity contribution in [3.63, 3.8) is 0 Å². The fourth-order valence-corrected chi connectivity index (χ4v) is 7.36. The highest BCUT2D eigenvalue weighted by molar-refractivity contribution is 7.11. The zero-order chi connectivity index (χ0) is 20.3. The van der Waals surface area contributed by atoms with Crippen LogP contribution < -0.4 is 4.74 Å². The minimum absolute atomic E-state index is 0.0175. The first kappa shape index (κ1) is 19.4. The second-order valence-corrected chi connectivity index (χ2v) is 10.8. The summed E-state index contributed by atoms with van der Waals surface area (Å²) in [5, 5.41) is 1.67. The second-order valence-electron chi connectivity index (χ2n) is 9.20. The predicted octanol–water partition coefficient (Wildman–Crippen LogP) is 5.63. The number of aromatic nitrogens is 1. The molecule has 0 spiro atoms. The molecule has 2 fully saturated rings. The summed E-state index contributed by atoms with van der Waals surface area (Å²) in [6.45, 7) is 7.13. The van der Waals surface area contributed by atoms with E-state index in [9.17, 15) is 4.79 Å². The van der Waals surface area contributed by atoms with Crippen LogP contribution in [0, 0.1) is 23.2 Å². The number of hydrogen-bond acceptors (Lipinski definition) is 5. The lowest BCUT2D eigenvalue weighted by atomic mass is 9.54. The molecule has 1 saturated carbocycles. The summed E-state index contributed by atoms with van der Waals surface area (Å²) in [6.07, 6.45) is 3.28. The second kappa shape index (κ2) is 6.98. The third kappa shape index (κ3) is 3.17. The van der Waals surface area contributed by atoms with Gasteiger partial charge in [0.1, 0.15) is 23.5 Å². The Kier molecular flexibility index (Phi) is 4.67. The largest absolute Gasteiger partial charge is 0.486 e. The van der Waals surface area contributed by atoms with Crippen LogP contribution >= 0.6 is 22.9 Å². The SMILES string of the molecule is CC1C(=O)OC2C1CCC1(C)Cc3sc(COc4cccc(Cl)c4)nc3C(C)C21. The van der Waals surface area contributed by atoms with Crippen molar-refractivity contribution in [3.8, 4) is 5.75 Å². The molecule has 0 radical (unpaired) electrons. The van der Waals surface area contributed by atoms with Crippen LogP contribution in [0.4, 0.5) is 0 Å². The highest BCUT2D eigenvalue weighted by atomic mass is 35.5. The molecule has 2 heterocycles. The molecule has 6 heteroatoms. The van der Waals surface area contributed by atoms with E-state index in [1.165, 1.54) is 10.6 Å². The molecular formula is C23H26ClNO3S. The number of fused-ring (bicyclic) bond motifs is 4. The van der Waals surface area contributed by atoms with Gasteiger partial charge in [0, 0.05) is 27.7 Å². The molecule has 2 aliphatic carbocycles. The molecule has 1 aromatic heterocycles. The Morgan fingerprint density at radius 1 is 1.34 bits per heavy atom. The van der Waals surface area contributed by atoms with E-state index in [4.69, 9.17) is 26.1 Å². The lowest BCUT2D eigenvalue weighted by Crippen LogP contribution is -2.50. The summed E-state index contributed by atoms with van der Waals surface area (Å²) in [6, 6.07) is 7.46. The van der Waals surface area contributed by atoms with Crippen molar-refractivity contribution in [2.45, 2.75) is 58.7 Å². The zero-order valence-corrected chi connectivity index (χ0v) is 18.6. The van der Waals surface area contributed by atoms with E-state index in [0.717, 1.165) is 30.0 Å². The van der Waals surface area contributed by atoms with Crippen molar-refractivity contribution in [2.24, 2.45) is 23.2 Å². The molecule has 29 heavy (non-hydrogen) atoms. The van der Waals surface area contributed by atoms with Crippen molar-refractivity contribution < 1.29 is 14.3 Å². The quantitative estimate of drug-likeness (QED) is 0.591. The number of carbonyl (C=O) groups is 1. The van der Waals surface area contributed by atoms with Crippen molar-refractivity contribution >= 4 is 28.9 Å². The van der Waals surface area contributed by atoms with Gasteiger partial charge in [0.2, 0.25) is 0 Å². The number of nitrogens with zero attached hydrogens (tertiary/aromatic N) is 1. The summed E-state index contributed by atoms with van der Waals surface area (Å²) in [4.78, 5) is 18.6. The monoisotopic (exact) mass is 431 g/mol. The van der Waals surface area contributed by atoms with E-state index in [-0.39, 0.29) is 29.3 Å². The highest BCUT2D eigenvalue weighted by Crippen LogP contribution is 2.59. The average molecular weight is 432 g/mol. The van der Waals surface area contributed by atoms with Crippen LogP contribution in [0.15, 0.2) is 24.3 Å². The van der Waals surface area contributed by atoms with Crippen LogP contribution in [0.25, 0.3) is 0 Å². The van der Waals surface area contributed by atoms with Crippen molar-refractivity contribution in [2.75, 3.05) is 0 Å². The van der Waals surface area contributed by atoms with Crippen LogP contribution in [0.5, 0.6) is 5.75 Å². The summed E-state index contributed by atoms with van der Waals surface area (Å²) in [5.41, 5.74) is 1.34. The number of halogens is 1. The molecule has 2 aromatic rings. The first-order chi connectivity index (χ1) is 13.9. The molecule has 0 bridgehead atoms. The Hall–Kier alpha value is -1.59. The number of rotatable bonds is 3. The molecule has 3 aliphatic rings. The third-order valence-corrected chi connectivity index (χ3v) is 8.64. The van der Waals surface area contributed by atoms with E-state index >= 15 is 0 Å². The average Bonchev–Trinajstić information content (AvgIpc) is 3.20. The van der Waals surface area contributed by atoms with Crippen LogP contribution in [-0.4, -0.2) is 17.1 Å². The van der Waals surface area contributed by atoms with E-state index < -0.39 is 0 Å². The zero-order valence-electron chi connectivity index (χ0n) is 17.0. The van der Waals surface area contributed by atoms with Crippen molar-refractivity contribution in [3.05, 3.63) is 44.9 Å². The minimum atomic E-state index is -0.0175. The first-order valence-corrected chi connectivity index (χ1v) is 11.6. The van der Waals surface area contributed by atoms with Gasteiger partial charge >= 0.3 is 5.97 Å². The van der Waals surface area contributed by atoms with Gasteiger partial charge in [0.15, 0.2) is 0 Å². The van der Waals surface area contributed by atoms with Gasteiger partial charge in [-0.05, 0) is 42.9 Å². The molecule has 6 atom stereocenters. The summed E-state index contributed by atoms with van der Waals surface area (Å²) < 4.78 is 11.8. The number of esters is 1. The Labute approximate surface area is 180 Å². The summed E-state index contributed by atoms with van der Waals surface area (Å²) in [5.74, 6) is 1.74. The normalized spacial score (nSPS) is 35.4. The lowest BCUT2D eigenvalue weighted by Gasteiger charge is -2.51. The maximum atomic E-state index is 12.3. The molecule has 4 nitrogen and oxygen atoms in total. The Balaban J connectivity index is 1.40. The Morgan fingerprint density at radius 3 is 2.97 bits per heavy atom. The van der Waals surface area contributed by atoms with Crippen molar-refractivity contribution in [1.29, 1.82) is 0 Å². The highest BCUT2D eigenvalue weighted by Gasteiger charge is 2.58. The topological polar surface area (TPSA) is 48.4 Å². The van der Waals surface area contributed by atoms with Crippen molar-refractivity contribution in [1.82, 2.24) is 4.98 Å².